The van der Waals surface area contributed by atoms with Crippen LogP contribution in [0.25, 0.3) is 0 Å². The number of benzene rings is 2. The van der Waals surface area contributed by atoms with Crippen LogP contribution in [0.4, 0.5) is 0 Å². The normalized spacial score (nSPS) is 21.3. The number of fused-ring (bicyclic) bond motifs is 1. The van der Waals surface area contributed by atoms with Gasteiger partial charge in [-0.15, -0.1) is 0 Å². The summed E-state index contributed by atoms with van der Waals surface area (Å²) in [5, 5.41) is 9.10. The standard InChI is InChI=1S/C21H26N2O3S/c24-15-14-22-10-12-23(13-11-22)21-9-6-17-16-19(7-8-20(17)21)27(25,26)18-4-2-1-3-5-18/h1-5,7-8,16,21,24H,6,9-15H2. The molecule has 0 amide bonds. The summed E-state index contributed by atoms with van der Waals surface area (Å²) in [5.41, 5.74) is 2.44. The number of piperazine rings is 1. The van der Waals surface area contributed by atoms with E-state index in [1.165, 1.54) is 5.56 Å². The lowest BCUT2D eigenvalue weighted by atomic mass is 10.1. The van der Waals surface area contributed by atoms with E-state index < -0.39 is 9.84 Å². The van der Waals surface area contributed by atoms with Crippen molar-refractivity contribution in [1.29, 1.82) is 0 Å². The smallest absolute Gasteiger partial charge is 0.206 e. The quantitative estimate of drug-likeness (QED) is 0.853. The fraction of sp³-hybridized carbons (Fsp3) is 0.429. The SMILES string of the molecule is O=S(=O)(c1ccccc1)c1ccc2c(c1)CCC2N1CCN(CCO)CC1. The number of aliphatic hydroxyl groups excluding tert-OH is 1. The minimum Gasteiger partial charge on any atom is -0.395 e. The van der Waals surface area contributed by atoms with E-state index in [1.54, 1.807) is 30.3 Å². The number of sulfone groups is 1. The molecule has 1 N–H and O–H groups in total. The van der Waals surface area contributed by atoms with Crippen LogP contribution in [0, 0.1) is 0 Å². The lowest BCUT2D eigenvalue weighted by Gasteiger charge is -2.38. The van der Waals surface area contributed by atoms with Crippen LogP contribution in [-0.2, 0) is 16.3 Å². The summed E-state index contributed by atoms with van der Waals surface area (Å²) >= 11 is 0. The van der Waals surface area contributed by atoms with Crippen molar-refractivity contribution in [3.63, 3.8) is 0 Å². The fourth-order valence-corrected chi connectivity index (χ4v) is 5.63. The summed E-state index contributed by atoms with van der Waals surface area (Å²) in [7, 11) is -3.46. The number of β-amino-alcohol motifs (C(OH)–C–C–N with tert-alkyl or cyclic N) is 1. The van der Waals surface area contributed by atoms with E-state index in [4.69, 9.17) is 5.11 Å². The summed E-state index contributed by atoms with van der Waals surface area (Å²) in [6.45, 7) is 4.91. The second kappa shape index (κ2) is 7.72. The van der Waals surface area contributed by atoms with Crippen molar-refractivity contribution in [3.8, 4) is 0 Å². The molecule has 2 aromatic rings. The first-order valence-corrected chi connectivity index (χ1v) is 11.1. The van der Waals surface area contributed by atoms with Gasteiger partial charge in [-0.3, -0.25) is 9.80 Å². The van der Waals surface area contributed by atoms with Gasteiger partial charge in [-0.05, 0) is 48.2 Å². The molecule has 1 heterocycles. The maximum atomic E-state index is 12.9. The van der Waals surface area contributed by atoms with E-state index in [0.29, 0.717) is 15.8 Å². The molecule has 1 aliphatic heterocycles. The number of rotatable bonds is 5. The topological polar surface area (TPSA) is 60.9 Å². The largest absolute Gasteiger partial charge is 0.395 e. The van der Waals surface area contributed by atoms with Gasteiger partial charge in [0, 0.05) is 38.8 Å². The average molecular weight is 387 g/mol. The highest BCUT2D eigenvalue weighted by Gasteiger charge is 2.31. The molecule has 27 heavy (non-hydrogen) atoms. The molecule has 0 spiro atoms. The molecule has 1 unspecified atom stereocenters. The van der Waals surface area contributed by atoms with Crippen molar-refractivity contribution in [1.82, 2.24) is 9.80 Å². The second-order valence-corrected chi connectivity index (χ2v) is 9.28. The zero-order valence-electron chi connectivity index (χ0n) is 15.4. The van der Waals surface area contributed by atoms with Gasteiger partial charge in [-0.25, -0.2) is 8.42 Å². The number of hydrogen-bond donors (Lipinski definition) is 1. The molecule has 1 fully saturated rings. The summed E-state index contributed by atoms with van der Waals surface area (Å²) in [4.78, 5) is 5.54. The Morgan fingerprint density at radius 1 is 0.963 bits per heavy atom. The van der Waals surface area contributed by atoms with Crippen LogP contribution in [0.5, 0.6) is 0 Å². The Kier molecular flexibility index (Phi) is 5.32. The molecule has 1 saturated heterocycles. The van der Waals surface area contributed by atoms with Gasteiger partial charge >= 0.3 is 0 Å². The van der Waals surface area contributed by atoms with Crippen molar-refractivity contribution in [2.45, 2.75) is 28.7 Å². The summed E-state index contributed by atoms with van der Waals surface area (Å²) in [6.07, 6.45) is 1.97. The highest BCUT2D eigenvalue weighted by Crippen LogP contribution is 2.38. The van der Waals surface area contributed by atoms with Gasteiger partial charge in [0.15, 0.2) is 0 Å². The summed E-state index contributed by atoms with van der Waals surface area (Å²) < 4.78 is 25.8. The molecule has 5 nitrogen and oxygen atoms in total. The first kappa shape index (κ1) is 18.6. The third-order valence-corrected chi connectivity index (χ3v) is 7.56. The molecule has 6 heteroatoms. The number of nitrogens with zero attached hydrogens (tertiary/aromatic N) is 2. The lowest BCUT2D eigenvalue weighted by Crippen LogP contribution is -2.47. The zero-order valence-corrected chi connectivity index (χ0v) is 16.2. The third kappa shape index (κ3) is 3.67. The predicted molar refractivity (Wildman–Crippen MR) is 104 cm³/mol. The fourth-order valence-electron chi connectivity index (χ4n) is 4.29. The first-order valence-electron chi connectivity index (χ1n) is 9.60. The number of aryl methyl sites for hydroxylation is 1. The van der Waals surface area contributed by atoms with Crippen LogP contribution in [0.15, 0.2) is 58.3 Å². The second-order valence-electron chi connectivity index (χ2n) is 7.33. The Balaban J connectivity index is 1.53. The lowest BCUT2D eigenvalue weighted by molar-refractivity contribution is 0.0836. The van der Waals surface area contributed by atoms with Crippen LogP contribution in [0.1, 0.15) is 23.6 Å². The molecule has 2 aromatic carbocycles. The van der Waals surface area contributed by atoms with Crippen molar-refractivity contribution >= 4 is 9.84 Å². The molecule has 2 aliphatic rings. The average Bonchev–Trinajstić information content (AvgIpc) is 3.13. The highest BCUT2D eigenvalue weighted by molar-refractivity contribution is 7.91. The molecule has 0 aromatic heterocycles. The van der Waals surface area contributed by atoms with Gasteiger partial charge in [-0.1, -0.05) is 24.3 Å². The molecular weight excluding hydrogens is 360 g/mol. The van der Waals surface area contributed by atoms with Crippen LogP contribution >= 0.6 is 0 Å². The molecule has 4 rings (SSSR count). The van der Waals surface area contributed by atoms with Gasteiger partial charge < -0.3 is 5.11 Å². The maximum absolute atomic E-state index is 12.9. The van der Waals surface area contributed by atoms with Crippen molar-refractivity contribution in [3.05, 3.63) is 59.7 Å². The van der Waals surface area contributed by atoms with E-state index in [-0.39, 0.29) is 6.61 Å². The molecule has 0 bridgehead atoms. The van der Waals surface area contributed by atoms with Crippen LogP contribution in [0.3, 0.4) is 0 Å². The minimum absolute atomic E-state index is 0.213. The van der Waals surface area contributed by atoms with Gasteiger partial charge in [0.2, 0.25) is 9.84 Å². The van der Waals surface area contributed by atoms with E-state index in [0.717, 1.165) is 51.1 Å². The monoisotopic (exact) mass is 386 g/mol. The highest BCUT2D eigenvalue weighted by atomic mass is 32.2. The van der Waals surface area contributed by atoms with E-state index >= 15 is 0 Å². The Morgan fingerprint density at radius 3 is 2.41 bits per heavy atom. The predicted octanol–water partition coefficient (Wildman–Crippen LogP) is 2.12. The van der Waals surface area contributed by atoms with Gasteiger partial charge in [0.05, 0.1) is 16.4 Å². The summed E-state index contributed by atoms with van der Waals surface area (Å²) in [5.74, 6) is 0. The van der Waals surface area contributed by atoms with Gasteiger partial charge in [0.25, 0.3) is 0 Å². The Morgan fingerprint density at radius 2 is 1.70 bits per heavy atom. The Labute approximate surface area is 161 Å². The van der Waals surface area contributed by atoms with E-state index in [2.05, 4.69) is 9.80 Å². The number of hydrogen-bond acceptors (Lipinski definition) is 5. The molecule has 0 radical (unpaired) electrons. The van der Waals surface area contributed by atoms with Crippen molar-refractivity contribution in [2.75, 3.05) is 39.3 Å². The van der Waals surface area contributed by atoms with E-state index in [9.17, 15) is 8.42 Å². The number of aliphatic hydroxyl groups is 1. The molecule has 1 atom stereocenters. The molecule has 144 valence electrons. The molecule has 1 aliphatic carbocycles. The third-order valence-electron chi connectivity index (χ3n) is 5.79. The first-order chi connectivity index (χ1) is 13.1. The molecular formula is C21H26N2O3S. The minimum atomic E-state index is -3.46. The maximum Gasteiger partial charge on any atom is 0.206 e. The zero-order chi connectivity index (χ0) is 18.9. The van der Waals surface area contributed by atoms with Gasteiger partial charge in [-0.2, -0.15) is 0 Å². The van der Waals surface area contributed by atoms with Crippen molar-refractivity contribution < 1.29 is 13.5 Å². The van der Waals surface area contributed by atoms with Gasteiger partial charge in [0.1, 0.15) is 0 Å². The molecule has 0 saturated carbocycles. The van der Waals surface area contributed by atoms with E-state index in [1.807, 2.05) is 18.2 Å². The van der Waals surface area contributed by atoms with Crippen LogP contribution in [-0.4, -0.2) is 62.7 Å². The van der Waals surface area contributed by atoms with Crippen molar-refractivity contribution in [2.24, 2.45) is 0 Å². The Hall–Kier alpha value is -1.73. The van der Waals surface area contributed by atoms with Crippen LogP contribution in [0.2, 0.25) is 0 Å². The Bertz CT molecular complexity index is 891. The van der Waals surface area contributed by atoms with Crippen LogP contribution < -0.4 is 0 Å². The summed E-state index contributed by atoms with van der Waals surface area (Å²) in [6, 6.07) is 14.7.